The lowest BCUT2D eigenvalue weighted by Crippen LogP contribution is -2.50. The zero-order valence-corrected chi connectivity index (χ0v) is 19.1. The molecule has 2 heterocycles. The van der Waals surface area contributed by atoms with Gasteiger partial charge in [-0.25, -0.2) is 9.97 Å². The second-order valence-corrected chi connectivity index (χ2v) is 8.66. The smallest absolute Gasteiger partial charge is 0.253 e. The van der Waals surface area contributed by atoms with E-state index in [0.717, 1.165) is 33.5 Å². The highest BCUT2D eigenvalue weighted by molar-refractivity contribution is 7.98. The fraction of sp³-hybridized carbons (Fsp3) is 0.455. The van der Waals surface area contributed by atoms with Crippen molar-refractivity contribution in [3.63, 3.8) is 0 Å². The van der Waals surface area contributed by atoms with E-state index in [1.54, 1.807) is 23.6 Å². The molecular weight excluding hydrogens is 398 g/mol. The Labute approximate surface area is 182 Å². The van der Waals surface area contributed by atoms with Gasteiger partial charge in [0.25, 0.3) is 5.91 Å². The standard InChI is InChI=1S/C22H29N5O2S/c1-15-16(2)23-22(24-20(15)25(4)5)30-14-18-6-8-19(9-7-18)21(29)27-12-10-26(11-13-27)17(3)28/h6-9H,10-14H2,1-5H3. The highest BCUT2D eigenvalue weighted by Crippen LogP contribution is 2.25. The number of amides is 2. The number of anilines is 1. The maximum Gasteiger partial charge on any atom is 0.253 e. The van der Waals surface area contributed by atoms with Gasteiger partial charge >= 0.3 is 0 Å². The third kappa shape index (κ3) is 5.11. The molecule has 0 radical (unpaired) electrons. The molecule has 0 atom stereocenters. The van der Waals surface area contributed by atoms with Crippen molar-refractivity contribution < 1.29 is 9.59 Å². The Morgan fingerprint density at radius 3 is 2.17 bits per heavy atom. The largest absolute Gasteiger partial charge is 0.362 e. The van der Waals surface area contributed by atoms with Crippen LogP contribution >= 0.6 is 11.8 Å². The minimum atomic E-state index is 0.0190. The van der Waals surface area contributed by atoms with E-state index in [0.29, 0.717) is 31.7 Å². The minimum absolute atomic E-state index is 0.0190. The monoisotopic (exact) mass is 427 g/mol. The van der Waals surface area contributed by atoms with Crippen molar-refractivity contribution in [3.8, 4) is 0 Å². The third-order valence-electron chi connectivity index (χ3n) is 5.35. The van der Waals surface area contributed by atoms with Crippen LogP contribution in [0.25, 0.3) is 0 Å². The molecule has 1 fully saturated rings. The number of rotatable bonds is 5. The van der Waals surface area contributed by atoms with E-state index in [1.807, 2.05) is 62.0 Å². The summed E-state index contributed by atoms with van der Waals surface area (Å²) in [6.45, 7) is 7.96. The van der Waals surface area contributed by atoms with Gasteiger partial charge in [-0.3, -0.25) is 9.59 Å². The summed E-state index contributed by atoms with van der Waals surface area (Å²) in [6.07, 6.45) is 0. The molecule has 0 saturated carbocycles. The lowest BCUT2D eigenvalue weighted by molar-refractivity contribution is -0.130. The first-order valence-electron chi connectivity index (χ1n) is 10.1. The first kappa shape index (κ1) is 22.1. The van der Waals surface area contributed by atoms with Crippen LogP contribution in [-0.4, -0.2) is 71.9 Å². The molecule has 0 unspecified atom stereocenters. The molecule has 1 aliphatic rings. The average molecular weight is 428 g/mol. The van der Waals surface area contributed by atoms with Gasteiger partial charge in [-0.05, 0) is 31.5 Å². The fourth-order valence-electron chi connectivity index (χ4n) is 3.39. The van der Waals surface area contributed by atoms with Gasteiger partial charge in [0.2, 0.25) is 5.91 Å². The molecular formula is C22H29N5O2S. The maximum absolute atomic E-state index is 12.7. The van der Waals surface area contributed by atoms with Crippen LogP contribution in [0.4, 0.5) is 5.82 Å². The first-order valence-corrected chi connectivity index (χ1v) is 11.0. The number of hydrogen-bond donors (Lipinski definition) is 0. The molecule has 0 bridgehead atoms. The Balaban J connectivity index is 1.60. The summed E-state index contributed by atoms with van der Waals surface area (Å²) in [5, 5.41) is 0.755. The number of nitrogens with zero attached hydrogens (tertiary/aromatic N) is 5. The Bertz CT molecular complexity index is 922. The van der Waals surface area contributed by atoms with Crippen LogP contribution in [-0.2, 0) is 10.5 Å². The molecule has 2 amide bonds. The summed E-state index contributed by atoms with van der Waals surface area (Å²) in [5.41, 5.74) is 3.88. The van der Waals surface area contributed by atoms with Crippen molar-refractivity contribution in [2.75, 3.05) is 45.2 Å². The summed E-state index contributed by atoms with van der Waals surface area (Å²) >= 11 is 1.59. The quantitative estimate of drug-likeness (QED) is 0.540. The van der Waals surface area contributed by atoms with Crippen molar-refractivity contribution >= 4 is 29.4 Å². The Kier molecular flexibility index (Phi) is 6.97. The highest BCUT2D eigenvalue weighted by atomic mass is 32.2. The van der Waals surface area contributed by atoms with E-state index in [9.17, 15) is 9.59 Å². The fourth-order valence-corrected chi connectivity index (χ4v) is 4.23. The van der Waals surface area contributed by atoms with Gasteiger partial charge in [0.05, 0.1) is 0 Å². The summed E-state index contributed by atoms with van der Waals surface area (Å²) in [5.74, 6) is 1.76. The van der Waals surface area contributed by atoms with Crippen LogP contribution in [0.5, 0.6) is 0 Å². The molecule has 1 aromatic heterocycles. The van der Waals surface area contributed by atoms with Crippen LogP contribution < -0.4 is 4.90 Å². The Morgan fingerprint density at radius 1 is 1.00 bits per heavy atom. The number of carbonyl (C=O) groups excluding carboxylic acids is 2. The first-order chi connectivity index (χ1) is 14.3. The van der Waals surface area contributed by atoms with Crippen LogP contribution in [0.3, 0.4) is 0 Å². The maximum atomic E-state index is 12.7. The molecule has 3 rings (SSSR count). The molecule has 2 aromatic rings. The molecule has 8 heteroatoms. The van der Waals surface area contributed by atoms with Gasteiger partial charge in [-0.1, -0.05) is 23.9 Å². The van der Waals surface area contributed by atoms with E-state index in [-0.39, 0.29) is 11.8 Å². The van der Waals surface area contributed by atoms with Gasteiger partial charge in [0.1, 0.15) is 5.82 Å². The molecule has 30 heavy (non-hydrogen) atoms. The number of carbonyl (C=O) groups is 2. The summed E-state index contributed by atoms with van der Waals surface area (Å²) in [7, 11) is 3.97. The molecule has 1 aromatic carbocycles. The molecule has 7 nitrogen and oxygen atoms in total. The van der Waals surface area contributed by atoms with Crippen molar-refractivity contribution in [2.45, 2.75) is 31.7 Å². The predicted molar refractivity (Wildman–Crippen MR) is 120 cm³/mol. The number of aromatic nitrogens is 2. The van der Waals surface area contributed by atoms with Gasteiger partial charge in [0, 0.05) is 69.8 Å². The molecule has 0 spiro atoms. The molecule has 1 saturated heterocycles. The normalized spacial score (nSPS) is 14.0. The second-order valence-electron chi connectivity index (χ2n) is 7.72. The topological polar surface area (TPSA) is 69.6 Å². The number of thioether (sulfide) groups is 1. The van der Waals surface area contributed by atoms with Crippen LogP contribution in [0.2, 0.25) is 0 Å². The third-order valence-corrected chi connectivity index (χ3v) is 6.27. The van der Waals surface area contributed by atoms with Gasteiger partial charge in [-0.2, -0.15) is 0 Å². The minimum Gasteiger partial charge on any atom is -0.362 e. The van der Waals surface area contributed by atoms with E-state index >= 15 is 0 Å². The molecule has 1 aliphatic heterocycles. The van der Waals surface area contributed by atoms with Gasteiger partial charge in [0.15, 0.2) is 5.16 Å². The van der Waals surface area contributed by atoms with Crippen molar-refractivity contribution in [2.24, 2.45) is 0 Å². The van der Waals surface area contributed by atoms with Crippen molar-refractivity contribution in [1.29, 1.82) is 0 Å². The second kappa shape index (κ2) is 9.47. The predicted octanol–water partition coefficient (Wildman–Crippen LogP) is 2.76. The number of benzene rings is 1. The van der Waals surface area contributed by atoms with E-state index in [4.69, 9.17) is 0 Å². The Morgan fingerprint density at radius 2 is 1.60 bits per heavy atom. The van der Waals surface area contributed by atoms with Crippen LogP contribution in [0, 0.1) is 13.8 Å². The van der Waals surface area contributed by atoms with Gasteiger partial charge < -0.3 is 14.7 Å². The van der Waals surface area contributed by atoms with E-state index in [2.05, 4.69) is 9.97 Å². The summed E-state index contributed by atoms with van der Waals surface area (Å²) in [4.78, 5) is 39.0. The lowest BCUT2D eigenvalue weighted by atomic mass is 10.1. The lowest BCUT2D eigenvalue weighted by Gasteiger charge is -2.34. The molecule has 160 valence electrons. The molecule has 0 aliphatic carbocycles. The summed E-state index contributed by atoms with van der Waals surface area (Å²) in [6, 6.07) is 7.73. The number of hydrogen-bond acceptors (Lipinski definition) is 6. The van der Waals surface area contributed by atoms with E-state index in [1.165, 1.54) is 0 Å². The zero-order valence-electron chi connectivity index (χ0n) is 18.3. The van der Waals surface area contributed by atoms with Gasteiger partial charge in [-0.15, -0.1) is 0 Å². The van der Waals surface area contributed by atoms with Crippen LogP contribution in [0.1, 0.15) is 34.1 Å². The van der Waals surface area contributed by atoms with Crippen molar-refractivity contribution in [3.05, 3.63) is 46.6 Å². The highest BCUT2D eigenvalue weighted by Gasteiger charge is 2.23. The zero-order chi connectivity index (χ0) is 21.8. The van der Waals surface area contributed by atoms with Crippen LogP contribution in [0.15, 0.2) is 29.4 Å². The SMILES string of the molecule is CC(=O)N1CCN(C(=O)c2ccc(CSc3nc(C)c(C)c(N(C)C)n3)cc2)CC1. The number of piperazine rings is 1. The van der Waals surface area contributed by atoms with Crippen molar-refractivity contribution in [1.82, 2.24) is 19.8 Å². The Hall–Kier alpha value is -2.61. The van der Waals surface area contributed by atoms with E-state index < -0.39 is 0 Å². The number of aryl methyl sites for hydroxylation is 1. The average Bonchev–Trinajstić information content (AvgIpc) is 2.74. The summed E-state index contributed by atoms with van der Waals surface area (Å²) < 4.78 is 0. The molecule has 0 N–H and O–H groups in total.